The maximum atomic E-state index is 12.5. The molecule has 0 spiro atoms. The van der Waals surface area contributed by atoms with Crippen LogP contribution in [0.4, 0.5) is 0 Å². The van der Waals surface area contributed by atoms with Crippen LogP contribution in [0.25, 0.3) is 11.3 Å². The molecule has 4 rings (SSSR count). The van der Waals surface area contributed by atoms with Gasteiger partial charge in [-0.3, -0.25) is 25.5 Å². The molecule has 0 unspecified atom stereocenters. The van der Waals surface area contributed by atoms with Crippen molar-refractivity contribution in [1.29, 1.82) is 0 Å². The monoisotopic (exact) mass is 465 g/mol. The van der Waals surface area contributed by atoms with Gasteiger partial charge in [-0.2, -0.15) is 5.10 Å². The van der Waals surface area contributed by atoms with E-state index in [9.17, 15) is 18.0 Å². The number of hydrogen-bond acceptors (Lipinski definition) is 6. The maximum absolute atomic E-state index is 12.5. The van der Waals surface area contributed by atoms with Gasteiger partial charge in [0.1, 0.15) is 11.5 Å². The van der Waals surface area contributed by atoms with Crippen LogP contribution in [0, 0.1) is 0 Å². The van der Waals surface area contributed by atoms with E-state index in [1.54, 1.807) is 18.2 Å². The van der Waals surface area contributed by atoms with E-state index in [1.807, 2.05) is 30.3 Å². The van der Waals surface area contributed by atoms with E-state index in [0.29, 0.717) is 11.5 Å². The van der Waals surface area contributed by atoms with Crippen LogP contribution in [-0.2, 0) is 16.6 Å². The summed E-state index contributed by atoms with van der Waals surface area (Å²) in [4.78, 5) is 24.7. The number of H-pyrrole nitrogens is 1. The number of carbonyl (C=O) groups excluding carboxylic acids is 2. The highest BCUT2D eigenvalue weighted by molar-refractivity contribution is 7.89. The van der Waals surface area contributed by atoms with E-state index in [-0.39, 0.29) is 22.7 Å². The molecule has 168 valence electrons. The molecule has 33 heavy (non-hydrogen) atoms. The number of sulfonamides is 1. The first-order valence-corrected chi connectivity index (χ1v) is 11.2. The van der Waals surface area contributed by atoms with Gasteiger partial charge in [-0.15, -0.1) is 0 Å². The van der Waals surface area contributed by atoms with Gasteiger partial charge in [0.15, 0.2) is 0 Å². The largest absolute Gasteiger partial charge is 0.468 e. The van der Waals surface area contributed by atoms with Crippen LogP contribution in [0.1, 0.15) is 26.6 Å². The van der Waals surface area contributed by atoms with E-state index in [4.69, 9.17) is 4.42 Å². The second-order valence-electron chi connectivity index (χ2n) is 6.87. The minimum Gasteiger partial charge on any atom is -0.468 e. The van der Waals surface area contributed by atoms with Crippen molar-refractivity contribution < 1.29 is 22.4 Å². The molecule has 4 N–H and O–H groups in total. The fraction of sp³-hybridized carbons (Fsp3) is 0.0455. The number of nitrogens with zero attached hydrogens (tertiary/aromatic N) is 1. The number of carbonyl (C=O) groups is 2. The minimum atomic E-state index is -3.88. The first kappa shape index (κ1) is 22.0. The predicted molar refractivity (Wildman–Crippen MR) is 118 cm³/mol. The Balaban J connectivity index is 1.38. The Morgan fingerprint density at radius 3 is 2.45 bits per heavy atom. The minimum absolute atomic E-state index is 0.0308. The molecule has 0 atom stereocenters. The topological polar surface area (TPSA) is 146 Å². The Bertz CT molecular complexity index is 1370. The second-order valence-corrected chi connectivity index (χ2v) is 8.64. The van der Waals surface area contributed by atoms with Gasteiger partial charge in [0.25, 0.3) is 11.8 Å². The Hall–Kier alpha value is -4.22. The molecular weight excluding hydrogens is 446 g/mol. The van der Waals surface area contributed by atoms with Crippen molar-refractivity contribution in [1.82, 2.24) is 25.8 Å². The SMILES string of the molecule is O=C(NNC(=O)c1cc(-c2ccccc2)n[nH]1)c1cccc(S(=O)(=O)NCc2ccco2)c1. The highest BCUT2D eigenvalue weighted by atomic mass is 32.2. The zero-order valence-corrected chi connectivity index (χ0v) is 17.9. The van der Waals surface area contributed by atoms with Crippen molar-refractivity contribution in [3.05, 3.63) is 96.1 Å². The van der Waals surface area contributed by atoms with Crippen molar-refractivity contribution in [2.45, 2.75) is 11.4 Å². The van der Waals surface area contributed by atoms with Crippen LogP contribution in [0.15, 0.2) is 88.4 Å². The average Bonchev–Trinajstić information content (AvgIpc) is 3.54. The lowest BCUT2D eigenvalue weighted by atomic mass is 10.1. The zero-order chi connectivity index (χ0) is 23.3. The summed E-state index contributed by atoms with van der Waals surface area (Å²) in [6, 6.07) is 19.5. The van der Waals surface area contributed by atoms with E-state index in [0.717, 1.165) is 5.56 Å². The summed E-state index contributed by atoms with van der Waals surface area (Å²) in [5.74, 6) is -0.847. The van der Waals surface area contributed by atoms with Crippen LogP contribution in [-0.4, -0.2) is 30.4 Å². The number of aromatic amines is 1. The first-order valence-electron chi connectivity index (χ1n) is 9.76. The highest BCUT2D eigenvalue weighted by Crippen LogP contribution is 2.17. The van der Waals surface area contributed by atoms with Crippen molar-refractivity contribution in [3.63, 3.8) is 0 Å². The number of hydrogen-bond donors (Lipinski definition) is 4. The molecule has 0 saturated carbocycles. The molecule has 0 fully saturated rings. The molecule has 0 radical (unpaired) electrons. The van der Waals surface area contributed by atoms with E-state index >= 15 is 0 Å². The van der Waals surface area contributed by atoms with Gasteiger partial charge in [-0.25, -0.2) is 13.1 Å². The predicted octanol–water partition coefficient (Wildman–Crippen LogP) is 2.22. The number of aromatic nitrogens is 2. The number of nitrogens with one attached hydrogen (secondary N) is 4. The number of amides is 2. The van der Waals surface area contributed by atoms with Gasteiger partial charge in [0.05, 0.1) is 23.4 Å². The molecule has 2 aromatic carbocycles. The average molecular weight is 465 g/mol. The lowest BCUT2D eigenvalue weighted by Gasteiger charge is -2.09. The Morgan fingerprint density at radius 2 is 1.70 bits per heavy atom. The smallest absolute Gasteiger partial charge is 0.287 e. The van der Waals surface area contributed by atoms with Crippen molar-refractivity contribution in [2.75, 3.05) is 0 Å². The summed E-state index contributed by atoms with van der Waals surface area (Å²) >= 11 is 0. The van der Waals surface area contributed by atoms with Crippen LogP contribution >= 0.6 is 0 Å². The van der Waals surface area contributed by atoms with Gasteiger partial charge in [-0.1, -0.05) is 36.4 Å². The van der Waals surface area contributed by atoms with Crippen molar-refractivity contribution >= 4 is 21.8 Å². The third kappa shape index (κ3) is 5.34. The van der Waals surface area contributed by atoms with Crippen LogP contribution in [0.5, 0.6) is 0 Å². The Kier molecular flexibility index (Phi) is 6.33. The quantitative estimate of drug-likeness (QED) is 0.308. The molecule has 2 aromatic heterocycles. The van der Waals surface area contributed by atoms with Crippen LogP contribution < -0.4 is 15.6 Å². The lowest BCUT2D eigenvalue weighted by Crippen LogP contribution is -2.41. The molecule has 11 heteroatoms. The fourth-order valence-electron chi connectivity index (χ4n) is 2.92. The molecule has 10 nitrogen and oxygen atoms in total. The highest BCUT2D eigenvalue weighted by Gasteiger charge is 2.18. The van der Waals surface area contributed by atoms with Crippen molar-refractivity contribution in [2.24, 2.45) is 0 Å². The van der Waals surface area contributed by atoms with Gasteiger partial charge >= 0.3 is 0 Å². The van der Waals surface area contributed by atoms with E-state index in [1.165, 1.54) is 30.5 Å². The summed E-state index contributed by atoms with van der Waals surface area (Å²) in [5.41, 5.74) is 6.14. The molecule has 0 aliphatic heterocycles. The standard InChI is InChI=1S/C22H19N5O5S/c28-21(26-27-22(29)20-13-19(24-25-20)15-6-2-1-3-7-15)16-8-4-10-18(12-16)33(30,31)23-14-17-9-5-11-32-17/h1-13,23H,14H2,(H,24,25)(H,26,28)(H,27,29). The number of benzene rings is 2. The molecular formula is C22H19N5O5S. The summed E-state index contributed by atoms with van der Waals surface area (Å²) in [6.45, 7) is -0.0308. The second kappa shape index (κ2) is 9.51. The number of furan rings is 1. The summed E-state index contributed by atoms with van der Waals surface area (Å²) in [7, 11) is -3.88. The molecule has 4 aromatic rings. The first-order chi connectivity index (χ1) is 15.9. The van der Waals surface area contributed by atoms with Crippen molar-refractivity contribution in [3.8, 4) is 11.3 Å². The van der Waals surface area contributed by atoms with Gasteiger partial charge < -0.3 is 4.42 Å². The maximum Gasteiger partial charge on any atom is 0.287 e. The normalized spacial score (nSPS) is 11.2. The molecule has 0 saturated heterocycles. The summed E-state index contributed by atoms with van der Waals surface area (Å²) in [6.07, 6.45) is 1.44. The Morgan fingerprint density at radius 1 is 0.909 bits per heavy atom. The lowest BCUT2D eigenvalue weighted by molar-refractivity contribution is 0.0844. The number of rotatable bonds is 7. The number of hydrazine groups is 1. The zero-order valence-electron chi connectivity index (χ0n) is 17.1. The summed E-state index contributed by atoms with van der Waals surface area (Å²) in [5, 5.41) is 6.70. The van der Waals surface area contributed by atoms with E-state index in [2.05, 4.69) is 25.8 Å². The molecule has 2 heterocycles. The van der Waals surface area contributed by atoms with Crippen LogP contribution in [0.2, 0.25) is 0 Å². The molecule has 0 bridgehead atoms. The van der Waals surface area contributed by atoms with Gasteiger partial charge in [0.2, 0.25) is 10.0 Å². The summed E-state index contributed by atoms with van der Waals surface area (Å²) < 4.78 is 32.5. The Labute approximate surface area is 189 Å². The van der Waals surface area contributed by atoms with Crippen LogP contribution in [0.3, 0.4) is 0 Å². The molecule has 2 amide bonds. The van der Waals surface area contributed by atoms with Gasteiger partial charge in [-0.05, 0) is 36.4 Å². The third-order valence-corrected chi connectivity index (χ3v) is 6.00. The fourth-order valence-corrected chi connectivity index (χ4v) is 3.95. The van der Waals surface area contributed by atoms with Gasteiger partial charge in [0, 0.05) is 11.1 Å². The third-order valence-electron chi connectivity index (χ3n) is 4.60. The van der Waals surface area contributed by atoms with E-state index < -0.39 is 21.8 Å². The molecule has 0 aliphatic carbocycles. The molecule has 0 aliphatic rings.